The molecule has 0 amide bonds. The quantitative estimate of drug-likeness (QED) is 0.730. The fourth-order valence-corrected chi connectivity index (χ4v) is 3.17. The molecule has 0 unspecified atom stereocenters. The Morgan fingerprint density at radius 2 is 2.00 bits per heavy atom. The molecular formula is C11H10F2O2S2. The van der Waals surface area contributed by atoms with Crippen LogP contribution in [0.4, 0.5) is 8.78 Å². The molecule has 92 valence electrons. The first-order valence-electron chi connectivity index (χ1n) is 4.88. The first-order chi connectivity index (χ1) is 7.79. The van der Waals surface area contributed by atoms with Gasteiger partial charge in [-0.05, 0) is 20.8 Å². The van der Waals surface area contributed by atoms with Gasteiger partial charge in [-0.1, -0.05) is 0 Å². The zero-order chi connectivity index (χ0) is 12.8. The molecule has 0 saturated heterocycles. The molecule has 0 aliphatic rings. The number of hydrogen-bond acceptors (Lipinski definition) is 4. The predicted octanol–water partition coefficient (Wildman–Crippen LogP) is 4.20. The van der Waals surface area contributed by atoms with Crippen molar-refractivity contribution in [3.05, 3.63) is 21.2 Å². The molecule has 0 aromatic carbocycles. The molecule has 0 N–H and O–H groups in total. The molecular weight excluding hydrogens is 266 g/mol. The van der Waals surface area contributed by atoms with Crippen molar-refractivity contribution in [1.29, 1.82) is 0 Å². The highest BCUT2D eigenvalue weighted by Crippen LogP contribution is 2.36. The summed E-state index contributed by atoms with van der Waals surface area (Å²) < 4.78 is 32.3. The molecule has 0 spiro atoms. The van der Waals surface area contributed by atoms with Gasteiger partial charge in [0.2, 0.25) is 0 Å². The van der Waals surface area contributed by atoms with Gasteiger partial charge in [-0.3, -0.25) is 0 Å². The second-order valence-electron chi connectivity index (χ2n) is 4.50. The summed E-state index contributed by atoms with van der Waals surface area (Å²) in [4.78, 5) is 11.5. The first-order valence-corrected chi connectivity index (χ1v) is 6.57. The topological polar surface area (TPSA) is 26.3 Å². The number of carbonyl (C=O) groups excluding carboxylic acids is 1. The van der Waals surface area contributed by atoms with Crippen LogP contribution in [0.15, 0.2) is 5.38 Å². The van der Waals surface area contributed by atoms with E-state index in [1.54, 1.807) is 20.8 Å². The summed E-state index contributed by atoms with van der Waals surface area (Å²) >= 11 is 1.62. The van der Waals surface area contributed by atoms with Crippen molar-refractivity contribution in [1.82, 2.24) is 0 Å². The number of rotatable bonds is 1. The van der Waals surface area contributed by atoms with Crippen molar-refractivity contribution in [2.75, 3.05) is 0 Å². The Labute approximate surface area is 105 Å². The SMILES string of the molecule is CC(C)(C)OC(=O)c1sc2c(F)scc2c1F. The van der Waals surface area contributed by atoms with Gasteiger partial charge in [0.25, 0.3) is 0 Å². The third-order valence-corrected chi connectivity index (χ3v) is 3.97. The van der Waals surface area contributed by atoms with E-state index in [9.17, 15) is 13.6 Å². The molecule has 0 atom stereocenters. The lowest BCUT2D eigenvalue weighted by molar-refractivity contribution is 0.00711. The Bertz CT molecular complexity index is 578. The summed E-state index contributed by atoms with van der Waals surface area (Å²) in [6.45, 7) is 5.08. The Hall–Kier alpha value is -1.01. The Morgan fingerprint density at radius 3 is 2.53 bits per heavy atom. The Kier molecular flexibility index (Phi) is 2.95. The van der Waals surface area contributed by atoms with Gasteiger partial charge in [0.1, 0.15) is 10.5 Å². The van der Waals surface area contributed by atoms with Gasteiger partial charge >= 0.3 is 5.97 Å². The normalized spacial score (nSPS) is 12.1. The molecule has 0 radical (unpaired) electrons. The van der Waals surface area contributed by atoms with Crippen LogP contribution in [0.2, 0.25) is 0 Å². The molecule has 2 aromatic rings. The molecule has 2 aromatic heterocycles. The summed E-state index contributed by atoms with van der Waals surface area (Å²) in [5.74, 6) is -1.44. The van der Waals surface area contributed by atoms with E-state index in [1.807, 2.05) is 0 Å². The monoisotopic (exact) mass is 276 g/mol. The van der Waals surface area contributed by atoms with Crippen molar-refractivity contribution < 1.29 is 18.3 Å². The zero-order valence-electron chi connectivity index (χ0n) is 9.47. The van der Waals surface area contributed by atoms with Crippen LogP contribution >= 0.6 is 22.7 Å². The van der Waals surface area contributed by atoms with Crippen LogP contribution in [-0.4, -0.2) is 11.6 Å². The maximum Gasteiger partial charge on any atom is 0.351 e. The lowest BCUT2D eigenvalue weighted by atomic mass is 10.2. The van der Waals surface area contributed by atoms with E-state index in [0.29, 0.717) is 0 Å². The van der Waals surface area contributed by atoms with E-state index in [1.165, 1.54) is 5.38 Å². The van der Waals surface area contributed by atoms with Crippen molar-refractivity contribution in [3.63, 3.8) is 0 Å². The minimum absolute atomic E-state index is 0.151. The summed E-state index contributed by atoms with van der Waals surface area (Å²) in [7, 11) is 0. The molecule has 6 heteroatoms. The highest BCUT2D eigenvalue weighted by molar-refractivity contribution is 7.24. The standard InChI is InChI=1S/C11H10F2O2S2/c1-11(2,3)15-10(14)8-6(12)5-4-16-9(13)7(5)17-8/h4H,1-3H3. The fraction of sp³-hybridized carbons (Fsp3) is 0.364. The van der Waals surface area contributed by atoms with Crippen LogP contribution in [0.1, 0.15) is 30.4 Å². The van der Waals surface area contributed by atoms with Crippen LogP contribution < -0.4 is 0 Å². The summed E-state index contributed by atoms with van der Waals surface area (Å²) in [6.07, 6.45) is 0. The smallest absolute Gasteiger partial charge is 0.351 e. The van der Waals surface area contributed by atoms with Gasteiger partial charge in [0.15, 0.2) is 10.9 Å². The van der Waals surface area contributed by atoms with Crippen LogP contribution in [0.25, 0.3) is 10.1 Å². The van der Waals surface area contributed by atoms with Crippen LogP contribution in [0, 0.1) is 10.9 Å². The largest absolute Gasteiger partial charge is 0.456 e. The molecule has 2 rings (SSSR count). The van der Waals surface area contributed by atoms with Crippen LogP contribution in [0.5, 0.6) is 0 Å². The second kappa shape index (κ2) is 4.03. The van der Waals surface area contributed by atoms with Gasteiger partial charge in [-0.25, -0.2) is 9.18 Å². The highest BCUT2D eigenvalue weighted by Gasteiger charge is 2.26. The number of thiophene rings is 2. The minimum atomic E-state index is -0.749. The second-order valence-corrected chi connectivity index (χ2v) is 6.35. The van der Waals surface area contributed by atoms with E-state index < -0.39 is 22.5 Å². The summed E-state index contributed by atoms with van der Waals surface area (Å²) in [6, 6.07) is 0. The van der Waals surface area contributed by atoms with Crippen molar-refractivity contribution in [2.24, 2.45) is 0 Å². The molecule has 17 heavy (non-hydrogen) atoms. The maximum absolute atomic E-state index is 13.8. The van der Waals surface area contributed by atoms with Gasteiger partial charge in [0, 0.05) is 10.8 Å². The molecule has 2 heterocycles. The number of esters is 1. The Balaban J connectivity index is 2.42. The van der Waals surface area contributed by atoms with Crippen LogP contribution in [0.3, 0.4) is 0 Å². The number of carbonyl (C=O) groups is 1. The maximum atomic E-state index is 13.8. The number of halogens is 2. The van der Waals surface area contributed by atoms with Crippen LogP contribution in [-0.2, 0) is 4.74 Å². The van der Waals surface area contributed by atoms with Crippen molar-refractivity contribution in [3.8, 4) is 0 Å². The lowest BCUT2D eigenvalue weighted by Gasteiger charge is -2.18. The fourth-order valence-electron chi connectivity index (χ4n) is 1.29. The highest BCUT2D eigenvalue weighted by atomic mass is 32.1. The molecule has 0 saturated carbocycles. The zero-order valence-corrected chi connectivity index (χ0v) is 11.1. The minimum Gasteiger partial charge on any atom is -0.456 e. The third-order valence-electron chi connectivity index (χ3n) is 1.93. The molecule has 0 aliphatic carbocycles. The van der Waals surface area contributed by atoms with E-state index in [4.69, 9.17) is 4.74 Å². The molecule has 0 aliphatic heterocycles. The average molecular weight is 276 g/mol. The Morgan fingerprint density at radius 1 is 1.35 bits per heavy atom. The first kappa shape index (κ1) is 12.4. The average Bonchev–Trinajstić information content (AvgIpc) is 2.67. The van der Waals surface area contributed by atoms with E-state index in [2.05, 4.69) is 0 Å². The third kappa shape index (κ3) is 2.32. The summed E-state index contributed by atoms with van der Waals surface area (Å²) in [5, 5.41) is 1.04. The van der Waals surface area contributed by atoms with E-state index >= 15 is 0 Å². The predicted molar refractivity (Wildman–Crippen MR) is 64.8 cm³/mol. The lowest BCUT2D eigenvalue weighted by Crippen LogP contribution is -2.23. The summed E-state index contributed by atoms with van der Waals surface area (Å²) in [5.41, 5.74) is -0.696. The van der Waals surface area contributed by atoms with Gasteiger partial charge in [0.05, 0.1) is 4.70 Å². The molecule has 0 fully saturated rings. The van der Waals surface area contributed by atoms with Gasteiger partial charge in [-0.15, -0.1) is 22.7 Å². The van der Waals surface area contributed by atoms with Gasteiger partial charge < -0.3 is 4.74 Å². The van der Waals surface area contributed by atoms with Gasteiger partial charge in [-0.2, -0.15) is 4.39 Å². The number of fused-ring (bicyclic) bond motifs is 1. The molecule has 2 nitrogen and oxygen atoms in total. The van der Waals surface area contributed by atoms with E-state index in [0.717, 1.165) is 22.7 Å². The van der Waals surface area contributed by atoms with E-state index in [-0.39, 0.29) is 15.0 Å². The van der Waals surface area contributed by atoms with Crippen molar-refractivity contribution >= 4 is 38.7 Å². The van der Waals surface area contributed by atoms with Crippen molar-refractivity contribution in [2.45, 2.75) is 26.4 Å². The molecule has 0 bridgehead atoms. The number of ether oxygens (including phenoxy) is 1. The number of hydrogen-bond donors (Lipinski definition) is 0.